The molecule has 0 spiro atoms. The summed E-state index contributed by atoms with van der Waals surface area (Å²) in [5.41, 5.74) is 12.0. The van der Waals surface area contributed by atoms with Crippen LogP contribution in [0.4, 0.5) is 29.1 Å². The lowest BCUT2D eigenvalue weighted by Crippen LogP contribution is -2.44. The molecule has 1 aromatic carbocycles. The molecule has 5 aliphatic heterocycles. The quantitative estimate of drug-likeness (QED) is 0.343. The fourth-order valence-corrected chi connectivity index (χ4v) is 7.37. The van der Waals surface area contributed by atoms with Crippen LogP contribution in [0.5, 0.6) is 0 Å². The molecule has 0 amide bonds. The number of nitrogens with one attached hydrogen (secondary N) is 1. The zero-order valence-electron chi connectivity index (χ0n) is 24.0. The van der Waals surface area contributed by atoms with Gasteiger partial charge in [0.1, 0.15) is 5.82 Å². The van der Waals surface area contributed by atoms with E-state index in [1.165, 1.54) is 55.6 Å². The number of nitrogen functional groups attached to an aromatic ring is 1. The van der Waals surface area contributed by atoms with Gasteiger partial charge in [0.25, 0.3) is 0 Å². The first-order valence-corrected chi connectivity index (χ1v) is 15.5. The summed E-state index contributed by atoms with van der Waals surface area (Å²) < 4.78 is 1.65. The smallest absolute Gasteiger partial charge is 0.248 e. The van der Waals surface area contributed by atoms with Crippen LogP contribution in [-0.2, 0) is 0 Å². The summed E-state index contributed by atoms with van der Waals surface area (Å²) in [4.78, 5) is 22.0. The first kappa shape index (κ1) is 25.5. The van der Waals surface area contributed by atoms with E-state index in [9.17, 15) is 0 Å². The fourth-order valence-electron chi connectivity index (χ4n) is 7.37. The van der Waals surface area contributed by atoms with Crippen molar-refractivity contribution in [3.8, 4) is 16.9 Å². The number of aromatic nitrogens is 5. The van der Waals surface area contributed by atoms with Crippen molar-refractivity contribution >= 4 is 29.1 Å². The number of piperidine rings is 2. The van der Waals surface area contributed by atoms with E-state index in [1.807, 2.05) is 12.3 Å². The number of benzene rings is 1. The number of hydrogen-bond donors (Lipinski definition) is 2. The molecule has 0 unspecified atom stereocenters. The normalized spacial score (nSPS) is 19.4. The number of hydrogen-bond acceptors (Lipinski definition) is 9. The van der Waals surface area contributed by atoms with Crippen LogP contribution in [-0.4, -0.2) is 74.9 Å². The zero-order valence-corrected chi connectivity index (χ0v) is 24.0. The molecule has 5 aliphatic rings. The summed E-state index contributed by atoms with van der Waals surface area (Å²) in [6.07, 6.45) is 9.26. The Hall–Kier alpha value is -4.18. The number of rotatable bonds is 6. The Morgan fingerprint density at radius 2 is 1.55 bits per heavy atom. The number of nitrogens with zero attached hydrogens (tertiary/aromatic N) is 8. The maximum atomic E-state index is 6.42. The predicted octanol–water partition coefficient (Wildman–Crippen LogP) is 4.81. The molecule has 2 bridgehead atoms. The van der Waals surface area contributed by atoms with Gasteiger partial charge in [0.05, 0.1) is 23.3 Å². The van der Waals surface area contributed by atoms with E-state index in [0.717, 1.165) is 62.3 Å². The van der Waals surface area contributed by atoms with E-state index in [-0.39, 0.29) is 0 Å². The van der Waals surface area contributed by atoms with E-state index in [2.05, 4.69) is 67.5 Å². The maximum Gasteiger partial charge on any atom is 0.248 e. The van der Waals surface area contributed by atoms with Gasteiger partial charge in [0, 0.05) is 43.7 Å². The van der Waals surface area contributed by atoms with Gasteiger partial charge in [-0.25, -0.2) is 9.97 Å². The van der Waals surface area contributed by atoms with Crippen molar-refractivity contribution in [1.82, 2.24) is 29.6 Å². The van der Waals surface area contributed by atoms with E-state index >= 15 is 0 Å². The molecule has 10 nitrogen and oxygen atoms in total. The van der Waals surface area contributed by atoms with Crippen LogP contribution in [0.3, 0.4) is 0 Å². The minimum atomic E-state index is 0.302. The average Bonchev–Trinajstić information content (AvgIpc) is 3.72. The SMILES string of the molecule is Nc1nc(Nc2ccc(N3CCC(N4CCCC4)CC3)nc2)nn1-c1cc(-c2ccccc2)c2c(n1)C1CCN2CC1. The standard InChI is InChI=1S/C32H38N10/c33-31-37-32(35-24-8-9-27(34-21-24)40-18-12-25(13-19-40)39-14-4-5-15-39)38-42(31)28-20-26(22-6-2-1-3-7-22)30-29(36-28)23-10-16-41(30)17-11-23/h1-3,6-9,20-21,23,25H,4-5,10-19H2,(H3,33,35,37,38). The molecule has 3 N–H and O–H groups in total. The van der Waals surface area contributed by atoms with Gasteiger partial charge in [-0.2, -0.15) is 9.67 Å². The van der Waals surface area contributed by atoms with Gasteiger partial charge in [0.2, 0.25) is 11.9 Å². The minimum Gasteiger partial charge on any atom is -0.370 e. The van der Waals surface area contributed by atoms with Gasteiger partial charge in [-0.05, 0) is 75.4 Å². The molecule has 0 atom stereocenters. The molecule has 216 valence electrons. The highest BCUT2D eigenvalue weighted by Crippen LogP contribution is 2.46. The van der Waals surface area contributed by atoms with E-state index in [4.69, 9.17) is 20.8 Å². The highest BCUT2D eigenvalue weighted by atomic mass is 15.4. The Kier molecular flexibility index (Phi) is 6.43. The van der Waals surface area contributed by atoms with Gasteiger partial charge in [-0.15, -0.1) is 5.10 Å². The third-order valence-electron chi connectivity index (χ3n) is 9.59. The van der Waals surface area contributed by atoms with Crippen LogP contribution >= 0.6 is 0 Å². The summed E-state index contributed by atoms with van der Waals surface area (Å²) in [6.45, 7) is 6.83. The predicted molar refractivity (Wildman–Crippen MR) is 167 cm³/mol. The minimum absolute atomic E-state index is 0.302. The van der Waals surface area contributed by atoms with Gasteiger partial charge >= 0.3 is 0 Å². The zero-order chi connectivity index (χ0) is 28.0. The van der Waals surface area contributed by atoms with Gasteiger partial charge in [-0.1, -0.05) is 30.3 Å². The Balaban J connectivity index is 1.02. The molecule has 4 aromatic rings. The molecule has 3 fully saturated rings. The molecular formula is C32H38N10. The molecule has 0 radical (unpaired) electrons. The van der Waals surface area contributed by atoms with Crippen molar-refractivity contribution < 1.29 is 0 Å². The van der Waals surface area contributed by atoms with E-state index < -0.39 is 0 Å². The lowest BCUT2D eigenvalue weighted by molar-refractivity contribution is 0.207. The molecule has 0 saturated carbocycles. The molecule has 9 rings (SSSR count). The third kappa shape index (κ3) is 4.63. The van der Waals surface area contributed by atoms with Crippen molar-refractivity contribution in [1.29, 1.82) is 0 Å². The summed E-state index contributed by atoms with van der Waals surface area (Å²) in [5, 5.41) is 8.03. The number of fused-ring (bicyclic) bond motifs is 2. The summed E-state index contributed by atoms with van der Waals surface area (Å²) in [6, 6.07) is 17.5. The second-order valence-corrected chi connectivity index (χ2v) is 12.1. The molecular weight excluding hydrogens is 524 g/mol. The summed E-state index contributed by atoms with van der Waals surface area (Å²) in [7, 11) is 0. The van der Waals surface area contributed by atoms with Crippen LogP contribution in [0.1, 0.15) is 50.1 Å². The first-order valence-electron chi connectivity index (χ1n) is 15.5. The van der Waals surface area contributed by atoms with Gasteiger partial charge < -0.3 is 25.8 Å². The third-order valence-corrected chi connectivity index (χ3v) is 9.59. The topological polar surface area (TPSA) is 104 Å². The van der Waals surface area contributed by atoms with Crippen molar-refractivity contribution in [3.63, 3.8) is 0 Å². The van der Waals surface area contributed by atoms with Crippen LogP contribution < -0.4 is 20.9 Å². The van der Waals surface area contributed by atoms with Crippen LogP contribution in [0.2, 0.25) is 0 Å². The molecule has 3 aromatic heterocycles. The molecule has 10 heteroatoms. The van der Waals surface area contributed by atoms with Crippen molar-refractivity contribution in [2.45, 2.75) is 50.5 Å². The monoisotopic (exact) mass is 562 g/mol. The Bertz CT molecular complexity index is 1540. The highest BCUT2D eigenvalue weighted by molar-refractivity contribution is 5.83. The lowest BCUT2D eigenvalue weighted by atomic mass is 9.84. The molecule has 0 aliphatic carbocycles. The Labute approximate surface area is 246 Å². The molecule has 3 saturated heterocycles. The second-order valence-electron chi connectivity index (χ2n) is 12.1. The van der Waals surface area contributed by atoms with Crippen molar-refractivity contribution in [3.05, 3.63) is 60.4 Å². The van der Waals surface area contributed by atoms with Crippen LogP contribution in [0.15, 0.2) is 54.7 Å². The van der Waals surface area contributed by atoms with Crippen molar-refractivity contribution in [2.75, 3.05) is 60.1 Å². The number of likely N-dealkylation sites (tertiary alicyclic amines) is 1. The van der Waals surface area contributed by atoms with Crippen LogP contribution in [0, 0.1) is 0 Å². The lowest BCUT2D eigenvalue weighted by Gasteiger charge is -2.42. The highest BCUT2D eigenvalue weighted by Gasteiger charge is 2.35. The van der Waals surface area contributed by atoms with Gasteiger partial charge in [-0.3, -0.25) is 0 Å². The number of nitrogens with two attached hydrogens (primary N) is 1. The number of anilines is 5. The molecule has 8 heterocycles. The van der Waals surface area contributed by atoms with E-state index in [0.29, 0.717) is 23.6 Å². The van der Waals surface area contributed by atoms with E-state index in [1.54, 1.807) is 4.68 Å². The largest absolute Gasteiger partial charge is 0.370 e. The van der Waals surface area contributed by atoms with Crippen molar-refractivity contribution in [2.24, 2.45) is 0 Å². The fraction of sp³-hybridized carbons (Fsp3) is 0.438. The Morgan fingerprint density at radius 3 is 2.29 bits per heavy atom. The first-order chi connectivity index (χ1) is 20.7. The van der Waals surface area contributed by atoms with Gasteiger partial charge in [0.15, 0.2) is 5.82 Å². The maximum absolute atomic E-state index is 6.42. The summed E-state index contributed by atoms with van der Waals surface area (Å²) >= 11 is 0. The average molecular weight is 563 g/mol. The van der Waals surface area contributed by atoms with Crippen LogP contribution in [0.25, 0.3) is 16.9 Å². The Morgan fingerprint density at radius 1 is 0.786 bits per heavy atom. The second kappa shape index (κ2) is 10.6. The molecule has 42 heavy (non-hydrogen) atoms. The number of pyridine rings is 2. The summed E-state index contributed by atoms with van der Waals surface area (Å²) in [5.74, 6) is 2.92.